The van der Waals surface area contributed by atoms with Gasteiger partial charge in [0.2, 0.25) is 11.8 Å². The topological polar surface area (TPSA) is 69.6 Å². The number of nitrogens with one attached hydrogen (secondary N) is 1. The van der Waals surface area contributed by atoms with Crippen molar-refractivity contribution in [3.63, 3.8) is 0 Å². The summed E-state index contributed by atoms with van der Waals surface area (Å²) in [5.41, 5.74) is 3.07. The summed E-state index contributed by atoms with van der Waals surface area (Å²) < 4.78 is 0. The van der Waals surface area contributed by atoms with Gasteiger partial charge >= 0.3 is 0 Å². The van der Waals surface area contributed by atoms with E-state index in [1.54, 1.807) is 4.90 Å². The van der Waals surface area contributed by atoms with E-state index in [0.29, 0.717) is 19.5 Å². The van der Waals surface area contributed by atoms with Crippen LogP contribution < -0.4 is 10.2 Å². The van der Waals surface area contributed by atoms with Gasteiger partial charge in [-0.3, -0.25) is 9.59 Å². The first-order chi connectivity index (χ1) is 11.7. The Hall–Kier alpha value is -1.88. The van der Waals surface area contributed by atoms with Crippen LogP contribution in [0.15, 0.2) is 18.2 Å². The van der Waals surface area contributed by atoms with Crippen molar-refractivity contribution in [2.45, 2.75) is 47.0 Å². The smallest absolute Gasteiger partial charge is 0.239 e. The molecule has 1 aromatic rings. The van der Waals surface area contributed by atoms with Gasteiger partial charge in [0, 0.05) is 25.4 Å². The van der Waals surface area contributed by atoms with Crippen LogP contribution in [0.5, 0.6) is 0 Å². The van der Waals surface area contributed by atoms with Gasteiger partial charge in [-0.15, -0.1) is 0 Å². The molecule has 1 aromatic carbocycles. The van der Waals surface area contributed by atoms with E-state index in [-0.39, 0.29) is 23.8 Å². The molecule has 5 heteroatoms. The third-order valence-corrected chi connectivity index (χ3v) is 5.08. The van der Waals surface area contributed by atoms with Crippen molar-refractivity contribution in [1.82, 2.24) is 5.32 Å². The van der Waals surface area contributed by atoms with Crippen LogP contribution in [-0.2, 0) is 9.59 Å². The minimum absolute atomic E-state index is 0.114. The van der Waals surface area contributed by atoms with Gasteiger partial charge in [-0.05, 0) is 61.8 Å². The van der Waals surface area contributed by atoms with E-state index in [0.717, 1.165) is 24.1 Å². The first-order valence-electron chi connectivity index (χ1n) is 9.02. The van der Waals surface area contributed by atoms with E-state index < -0.39 is 5.92 Å². The molecule has 0 aromatic heterocycles. The number of hydrogen-bond acceptors (Lipinski definition) is 3. The molecule has 1 aliphatic heterocycles. The highest BCUT2D eigenvalue weighted by Crippen LogP contribution is 2.27. The van der Waals surface area contributed by atoms with E-state index in [2.05, 4.69) is 5.32 Å². The van der Waals surface area contributed by atoms with Crippen molar-refractivity contribution >= 4 is 17.5 Å². The Morgan fingerprint density at radius 1 is 1.32 bits per heavy atom. The number of carbonyl (C=O) groups is 2. The summed E-state index contributed by atoms with van der Waals surface area (Å²) in [5, 5.41) is 12.1. The van der Waals surface area contributed by atoms with Crippen LogP contribution in [0, 0.1) is 25.2 Å². The highest BCUT2D eigenvalue weighted by atomic mass is 16.3. The van der Waals surface area contributed by atoms with Crippen LogP contribution in [0.1, 0.15) is 44.2 Å². The molecule has 0 radical (unpaired) electrons. The number of aliphatic hydroxyl groups is 1. The second-order valence-electron chi connectivity index (χ2n) is 7.82. The molecule has 2 rings (SSSR count). The van der Waals surface area contributed by atoms with E-state index in [4.69, 9.17) is 0 Å². The summed E-state index contributed by atoms with van der Waals surface area (Å²) in [4.78, 5) is 26.7. The van der Waals surface area contributed by atoms with E-state index >= 15 is 0 Å². The summed E-state index contributed by atoms with van der Waals surface area (Å²) >= 11 is 0. The monoisotopic (exact) mass is 346 g/mol. The molecule has 1 aliphatic rings. The normalized spacial score (nSPS) is 17.9. The summed E-state index contributed by atoms with van der Waals surface area (Å²) in [6.07, 6.45) is 2.18. The van der Waals surface area contributed by atoms with Gasteiger partial charge in [-0.2, -0.15) is 0 Å². The summed E-state index contributed by atoms with van der Waals surface area (Å²) in [7, 11) is 0. The second-order valence-corrected chi connectivity index (χ2v) is 7.82. The molecule has 0 spiro atoms. The van der Waals surface area contributed by atoms with E-state index in [1.807, 2.05) is 45.9 Å². The van der Waals surface area contributed by atoms with Crippen LogP contribution in [0.4, 0.5) is 5.69 Å². The number of aliphatic hydroxyl groups excluding tert-OH is 1. The molecular weight excluding hydrogens is 316 g/mol. The molecule has 1 unspecified atom stereocenters. The van der Waals surface area contributed by atoms with Crippen LogP contribution >= 0.6 is 0 Å². The fraction of sp³-hybridized carbons (Fsp3) is 0.600. The predicted octanol–water partition coefficient (Wildman–Crippen LogP) is 2.57. The highest BCUT2D eigenvalue weighted by molar-refractivity contribution is 6.09. The lowest BCUT2D eigenvalue weighted by Gasteiger charge is -2.21. The molecule has 2 amide bonds. The van der Waals surface area contributed by atoms with Crippen molar-refractivity contribution in [2.75, 3.05) is 24.6 Å². The van der Waals surface area contributed by atoms with Crippen molar-refractivity contribution in [1.29, 1.82) is 0 Å². The maximum Gasteiger partial charge on any atom is 0.239 e. The fourth-order valence-corrected chi connectivity index (χ4v) is 3.05. The number of anilines is 1. The molecular formula is C20H30N2O3. The first kappa shape index (κ1) is 19.4. The Morgan fingerprint density at radius 2 is 2.04 bits per heavy atom. The minimum atomic E-state index is -0.590. The van der Waals surface area contributed by atoms with Crippen LogP contribution in [0.3, 0.4) is 0 Å². The second kappa shape index (κ2) is 8.00. The molecule has 5 nitrogen and oxygen atoms in total. The molecule has 2 N–H and O–H groups in total. The molecule has 1 fully saturated rings. The summed E-state index contributed by atoms with van der Waals surface area (Å²) in [6, 6.07) is 5.95. The highest BCUT2D eigenvalue weighted by Gasteiger charge is 2.37. The quantitative estimate of drug-likeness (QED) is 0.589. The van der Waals surface area contributed by atoms with E-state index in [9.17, 15) is 14.7 Å². The van der Waals surface area contributed by atoms with Gasteiger partial charge in [0.25, 0.3) is 0 Å². The van der Waals surface area contributed by atoms with Crippen LogP contribution in [-0.4, -0.2) is 36.6 Å². The summed E-state index contributed by atoms with van der Waals surface area (Å²) in [6.45, 7) is 9.31. The van der Waals surface area contributed by atoms with E-state index in [1.165, 1.54) is 5.56 Å². The minimum Gasteiger partial charge on any atom is -0.396 e. The number of aryl methyl sites for hydroxylation is 2. The molecule has 0 aliphatic carbocycles. The molecule has 0 bridgehead atoms. The van der Waals surface area contributed by atoms with Crippen molar-refractivity contribution < 1.29 is 14.7 Å². The van der Waals surface area contributed by atoms with Gasteiger partial charge in [0.15, 0.2) is 0 Å². The Bertz CT molecular complexity index is 640. The average Bonchev–Trinajstić information content (AvgIpc) is 2.95. The van der Waals surface area contributed by atoms with Crippen LogP contribution in [0.2, 0.25) is 0 Å². The Morgan fingerprint density at radius 3 is 2.68 bits per heavy atom. The largest absolute Gasteiger partial charge is 0.396 e. The standard InChI is InChI=1S/C20H30N2O3/c1-14-6-7-16(12-15(14)2)22-11-8-17(19(22)25)18(24)21-10-5-9-20(3,4)13-23/h6-7,12,17,23H,5,8-11,13H2,1-4H3,(H,21,24). The fourth-order valence-electron chi connectivity index (χ4n) is 3.05. The lowest BCUT2D eigenvalue weighted by Crippen LogP contribution is -2.37. The Labute approximate surface area is 150 Å². The molecule has 1 atom stereocenters. The molecule has 1 heterocycles. The van der Waals surface area contributed by atoms with Crippen molar-refractivity contribution in [3.8, 4) is 0 Å². The molecule has 0 saturated carbocycles. The molecule has 1 saturated heterocycles. The average molecular weight is 346 g/mol. The Kier molecular flexibility index (Phi) is 6.22. The number of carbonyl (C=O) groups excluding carboxylic acids is 2. The van der Waals surface area contributed by atoms with Gasteiger partial charge < -0.3 is 15.3 Å². The number of nitrogens with zero attached hydrogens (tertiary/aromatic N) is 1. The van der Waals surface area contributed by atoms with Gasteiger partial charge in [-0.25, -0.2) is 0 Å². The van der Waals surface area contributed by atoms with Crippen molar-refractivity contribution in [3.05, 3.63) is 29.3 Å². The zero-order chi connectivity index (χ0) is 18.6. The lowest BCUT2D eigenvalue weighted by atomic mass is 9.89. The summed E-state index contributed by atoms with van der Waals surface area (Å²) in [5.74, 6) is -0.887. The SMILES string of the molecule is Cc1ccc(N2CCC(C(=O)NCCCC(C)(C)CO)C2=O)cc1C. The van der Waals surface area contributed by atoms with Gasteiger partial charge in [0.1, 0.15) is 5.92 Å². The number of benzene rings is 1. The zero-order valence-electron chi connectivity index (χ0n) is 15.8. The maximum atomic E-state index is 12.6. The zero-order valence-corrected chi connectivity index (χ0v) is 15.8. The van der Waals surface area contributed by atoms with Crippen LogP contribution in [0.25, 0.3) is 0 Å². The molecule has 25 heavy (non-hydrogen) atoms. The molecule has 138 valence electrons. The predicted molar refractivity (Wildman–Crippen MR) is 99.5 cm³/mol. The number of amides is 2. The third-order valence-electron chi connectivity index (χ3n) is 5.08. The third kappa shape index (κ3) is 4.82. The van der Waals surface area contributed by atoms with Gasteiger partial charge in [0.05, 0.1) is 0 Å². The van der Waals surface area contributed by atoms with Crippen molar-refractivity contribution in [2.24, 2.45) is 11.3 Å². The number of hydrogen-bond donors (Lipinski definition) is 2. The van der Waals surface area contributed by atoms with Gasteiger partial charge in [-0.1, -0.05) is 19.9 Å². The lowest BCUT2D eigenvalue weighted by molar-refractivity contribution is -0.132. The maximum absolute atomic E-state index is 12.6. The first-order valence-corrected chi connectivity index (χ1v) is 9.02. The number of rotatable bonds is 7. The Balaban J connectivity index is 1.88.